The Morgan fingerprint density at radius 1 is 1.44 bits per heavy atom. The Balaban J connectivity index is 3.09. The second-order valence-corrected chi connectivity index (χ2v) is 4.88. The molecule has 0 aliphatic carbocycles. The number of pyridine rings is 1. The van der Waals surface area contributed by atoms with E-state index in [1.54, 1.807) is 0 Å². The van der Waals surface area contributed by atoms with Crippen molar-refractivity contribution in [2.24, 2.45) is 0 Å². The molecule has 18 heavy (non-hydrogen) atoms. The van der Waals surface area contributed by atoms with Crippen molar-refractivity contribution in [1.29, 1.82) is 0 Å². The van der Waals surface area contributed by atoms with Gasteiger partial charge in [-0.2, -0.15) is 8.78 Å². The Hall–Kier alpha value is -0.890. The largest absolute Gasteiger partial charge is 0.461 e. The molecule has 0 aliphatic rings. The van der Waals surface area contributed by atoms with Crippen molar-refractivity contribution >= 4 is 43.6 Å². The first-order valence-corrected chi connectivity index (χ1v) is 6.30. The van der Waals surface area contributed by atoms with Crippen LogP contribution in [0.25, 0.3) is 0 Å². The highest BCUT2D eigenvalue weighted by Crippen LogP contribution is 2.27. The van der Waals surface area contributed by atoms with Gasteiger partial charge >= 0.3 is 11.9 Å². The van der Waals surface area contributed by atoms with Gasteiger partial charge in [0, 0.05) is 15.1 Å². The Kier molecular flexibility index (Phi) is 4.92. The van der Waals surface area contributed by atoms with Gasteiger partial charge in [-0.15, -0.1) is 0 Å². The van der Waals surface area contributed by atoms with E-state index in [9.17, 15) is 18.4 Å². The van der Waals surface area contributed by atoms with Crippen molar-refractivity contribution in [2.45, 2.75) is 12.8 Å². The average Bonchev–Trinajstić information content (AvgIpc) is 2.28. The maximum atomic E-state index is 13.5. The van der Waals surface area contributed by atoms with Crippen molar-refractivity contribution in [3.63, 3.8) is 0 Å². The monoisotopic (exact) mass is 385 g/mol. The summed E-state index contributed by atoms with van der Waals surface area (Å²) in [6, 6.07) is 1.38. The zero-order valence-electron chi connectivity index (χ0n) is 9.05. The van der Waals surface area contributed by atoms with Crippen molar-refractivity contribution in [3.05, 3.63) is 26.9 Å². The Morgan fingerprint density at radius 3 is 2.56 bits per heavy atom. The third-order valence-electron chi connectivity index (χ3n) is 1.84. The molecule has 0 aliphatic heterocycles. The summed E-state index contributed by atoms with van der Waals surface area (Å²) >= 11 is 6.00. The van der Waals surface area contributed by atoms with Crippen LogP contribution in [0.2, 0.25) is 0 Å². The molecule has 1 aromatic rings. The number of Topliss-reactive ketones (excluding diaryl/α,β-unsaturated/α-hetero) is 1. The molecule has 0 unspecified atom stereocenters. The molecule has 1 heterocycles. The van der Waals surface area contributed by atoms with Gasteiger partial charge < -0.3 is 4.74 Å². The van der Waals surface area contributed by atoms with E-state index in [1.807, 2.05) is 0 Å². The number of carbonyl (C=O) groups excluding carboxylic acids is 2. The SMILES string of the molecule is CCOC(=O)C(F)(F)C(=O)c1ncc(Br)cc1Br. The van der Waals surface area contributed by atoms with Crippen LogP contribution in [0.3, 0.4) is 0 Å². The Bertz CT molecular complexity index is 494. The summed E-state index contributed by atoms with van der Waals surface area (Å²) < 4.78 is 31.7. The fraction of sp³-hybridized carbons (Fsp3) is 0.300. The zero-order chi connectivity index (χ0) is 13.9. The van der Waals surface area contributed by atoms with E-state index in [2.05, 4.69) is 41.6 Å². The lowest BCUT2D eigenvalue weighted by atomic mass is 10.1. The van der Waals surface area contributed by atoms with Gasteiger partial charge in [0.15, 0.2) is 0 Å². The van der Waals surface area contributed by atoms with E-state index in [0.717, 1.165) is 0 Å². The standard InChI is InChI=1S/C10H7Br2F2NO3/c1-2-18-9(17)10(13,14)8(16)7-6(12)3-5(11)4-15-7/h3-4H,2H2,1H3. The molecule has 0 atom stereocenters. The van der Waals surface area contributed by atoms with Crippen LogP contribution in [0, 0.1) is 0 Å². The van der Waals surface area contributed by atoms with E-state index in [0.29, 0.717) is 4.47 Å². The fourth-order valence-electron chi connectivity index (χ4n) is 1.04. The van der Waals surface area contributed by atoms with Gasteiger partial charge in [-0.25, -0.2) is 4.79 Å². The summed E-state index contributed by atoms with van der Waals surface area (Å²) in [5, 5.41) is 0. The maximum absolute atomic E-state index is 13.5. The lowest BCUT2D eigenvalue weighted by Gasteiger charge is -2.13. The van der Waals surface area contributed by atoms with Gasteiger partial charge in [0.1, 0.15) is 5.69 Å². The second kappa shape index (κ2) is 5.83. The van der Waals surface area contributed by atoms with E-state index >= 15 is 0 Å². The maximum Gasteiger partial charge on any atom is 0.405 e. The van der Waals surface area contributed by atoms with Crippen molar-refractivity contribution in [3.8, 4) is 0 Å². The third kappa shape index (κ3) is 3.11. The predicted molar refractivity (Wildman–Crippen MR) is 65.5 cm³/mol. The summed E-state index contributed by atoms with van der Waals surface area (Å²) in [6.45, 7) is 1.13. The van der Waals surface area contributed by atoms with Crippen LogP contribution in [-0.4, -0.2) is 29.3 Å². The summed E-state index contributed by atoms with van der Waals surface area (Å²) in [7, 11) is 0. The quantitative estimate of drug-likeness (QED) is 0.453. The van der Waals surface area contributed by atoms with Crippen LogP contribution >= 0.6 is 31.9 Å². The highest BCUT2D eigenvalue weighted by Gasteiger charge is 2.50. The number of ether oxygens (including phenoxy) is 1. The van der Waals surface area contributed by atoms with E-state index in [4.69, 9.17) is 0 Å². The normalized spacial score (nSPS) is 11.2. The summed E-state index contributed by atoms with van der Waals surface area (Å²) in [5.41, 5.74) is -0.531. The molecule has 0 radical (unpaired) electrons. The second-order valence-electron chi connectivity index (χ2n) is 3.11. The molecular formula is C10H7Br2F2NO3. The average molecular weight is 387 g/mol. The number of hydrogen-bond acceptors (Lipinski definition) is 4. The number of ketones is 1. The molecule has 0 fully saturated rings. The molecule has 0 saturated heterocycles. The minimum atomic E-state index is -4.25. The molecule has 0 aromatic carbocycles. The number of carbonyl (C=O) groups is 2. The molecule has 1 rings (SSSR count). The zero-order valence-corrected chi connectivity index (χ0v) is 12.2. The van der Waals surface area contributed by atoms with Gasteiger partial charge in [0.25, 0.3) is 5.78 Å². The number of alkyl halides is 2. The van der Waals surface area contributed by atoms with Crippen LogP contribution in [0.1, 0.15) is 17.4 Å². The number of aromatic nitrogens is 1. The van der Waals surface area contributed by atoms with Crippen LogP contribution < -0.4 is 0 Å². The molecule has 98 valence electrons. The van der Waals surface area contributed by atoms with Gasteiger partial charge in [-0.05, 0) is 44.8 Å². The minimum Gasteiger partial charge on any atom is -0.461 e. The topological polar surface area (TPSA) is 56.3 Å². The molecule has 1 aromatic heterocycles. The first-order chi connectivity index (χ1) is 8.30. The van der Waals surface area contributed by atoms with Gasteiger partial charge in [-0.1, -0.05) is 0 Å². The molecule has 0 bridgehead atoms. The van der Waals surface area contributed by atoms with Gasteiger partial charge in [0.2, 0.25) is 0 Å². The van der Waals surface area contributed by atoms with Crippen LogP contribution in [-0.2, 0) is 9.53 Å². The lowest BCUT2D eigenvalue weighted by Crippen LogP contribution is -2.40. The van der Waals surface area contributed by atoms with Crippen LogP contribution in [0.5, 0.6) is 0 Å². The molecule has 0 N–H and O–H groups in total. The van der Waals surface area contributed by atoms with Crippen LogP contribution in [0.15, 0.2) is 21.2 Å². The van der Waals surface area contributed by atoms with Crippen molar-refractivity contribution < 1.29 is 23.1 Å². The van der Waals surface area contributed by atoms with E-state index < -0.39 is 23.4 Å². The van der Waals surface area contributed by atoms with Gasteiger partial charge in [-0.3, -0.25) is 9.78 Å². The smallest absolute Gasteiger partial charge is 0.405 e. The Morgan fingerprint density at radius 2 is 2.06 bits per heavy atom. The number of nitrogens with zero attached hydrogens (tertiary/aromatic N) is 1. The summed E-state index contributed by atoms with van der Waals surface area (Å²) in [5.74, 6) is -7.84. The van der Waals surface area contributed by atoms with Gasteiger partial charge in [0.05, 0.1) is 6.61 Å². The molecule has 0 amide bonds. The minimum absolute atomic E-state index is 0.0610. The number of esters is 1. The first kappa shape index (κ1) is 15.2. The predicted octanol–water partition coefficient (Wildman–Crippen LogP) is 2.99. The fourth-order valence-corrected chi connectivity index (χ4v) is 2.21. The number of hydrogen-bond donors (Lipinski definition) is 0. The lowest BCUT2D eigenvalue weighted by molar-refractivity contribution is -0.164. The number of halogens is 4. The number of rotatable bonds is 4. The van der Waals surface area contributed by atoms with Crippen LogP contribution in [0.4, 0.5) is 8.78 Å². The third-order valence-corrected chi connectivity index (χ3v) is 2.88. The Labute approximate surface area is 118 Å². The summed E-state index contributed by atoms with van der Waals surface area (Å²) in [4.78, 5) is 26.1. The molecule has 0 saturated carbocycles. The van der Waals surface area contributed by atoms with E-state index in [1.165, 1.54) is 19.2 Å². The molecule has 8 heteroatoms. The van der Waals surface area contributed by atoms with E-state index in [-0.39, 0.29) is 11.1 Å². The molecular weight excluding hydrogens is 380 g/mol. The molecule has 4 nitrogen and oxygen atoms in total. The summed E-state index contributed by atoms with van der Waals surface area (Å²) in [6.07, 6.45) is 1.18. The molecule has 0 spiro atoms. The first-order valence-electron chi connectivity index (χ1n) is 4.71. The van der Waals surface area contributed by atoms with Crippen molar-refractivity contribution in [2.75, 3.05) is 6.61 Å². The van der Waals surface area contributed by atoms with Crippen molar-refractivity contribution in [1.82, 2.24) is 4.98 Å². The highest BCUT2D eigenvalue weighted by atomic mass is 79.9. The highest BCUT2D eigenvalue weighted by molar-refractivity contribution is 9.11.